The van der Waals surface area contributed by atoms with Gasteiger partial charge in [0.15, 0.2) is 0 Å². The first-order valence-corrected chi connectivity index (χ1v) is 8.06. The Balaban J connectivity index is 1.84. The second kappa shape index (κ2) is 7.29. The predicted molar refractivity (Wildman–Crippen MR) is 91.1 cm³/mol. The summed E-state index contributed by atoms with van der Waals surface area (Å²) in [6, 6.07) is 7.37. The SMILES string of the molecule is COc1ccc([C@H]2CN(C(=O)c3cnccn3)CCN2C(C)=O)cc1. The van der Waals surface area contributed by atoms with E-state index in [4.69, 9.17) is 4.74 Å². The highest BCUT2D eigenvalue weighted by Gasteiger charge is 2.32. The number of aromatic nitrogens is 2. The van der Waals surface area contributed by atoms with E-state index in [9.17, 15) is 9.59 Å². The largest absolute Gasteiger partial charge is 0.497 e. The molecule has 25 heavy (non-hydrogen) atoms. The minimum atomic E-state index is -0.197. The molecule has 1 aromatic heterocycles. The second-order valence-electron chi connectivity index (χ2n) is 5.84. The summed E-state index contributed by atoms with van der Waals surface area (Å²) in [6.07, 6.45) is 4.49. The van der Waals surface area contributed by atoms with Crippen LogP contribution in [-0.4, -0.2) is 58.3 Å². The Morgan fingerprint density at radius 2 is 1.92 bits per heavy atom. The Kier molecular flexibility index (Phi) is 4.92. The molecule has 0 unspecified atom stereocenters. The average Bonchev–Trinajstić information content (AvgIpc) is 2.67. The molecule has 2 aromatic rings. The van der Waals surface area contributed by atoms with Gasteiger partial charge in [0.2, 0.25) is 5.91 Å². The molecule has 7 nitrogen and oxygen atoms in total. The van der Waals surface area contributed by atoms with Crippen LogP contribution in [0.15, 0.2) is 42.9 Å². The molecule has 1 atom stereocenters. The van der Waals surface area contributed by atoms with Crippen LogP contribution in [0.1, 0.15) is 29.0 Å². The summed E-state index contributed by atoms with van der Waals surface area (Å²) in [4.78, 5) is 36.2. The summed E-state index contributed by atoms with van der Waals surface area (Å²) in [5.41, 5.74) is 1.28. The molecule has 3 rings (SSSR count). The van der Waals surface area contributed by atoms with Crippen molar-refractivity contribution >= 4 is 11.8 Å². The van der Waals surface area contributed by atoms with Crippen molar-refractivity contribution in [2.75, 3.05) is 26.7 Å². The zero-order chi connectivity index (χ0) is 17.8. The molecule has 1 fully saturated rings. The van der Waals surface area contributed by atoms with E-state index in [0.717, 1.165) is 11.3 Å². The van der Waals surface area contributed by atoms with Crippen molar-refractivity contribution in [3.8, 4) is 5.75 Å². The molecule has 1 aromatic carbocycles. The van der Waals surface area contributed by atoms with Gasteiger partial charge in [0.25, 0.3) is 5.91 Å². The van der Waals surface area contributed by atoms with Gasteiger partial charge in [-0.1, -0.05) is 12.1 Å². The first-order chi connectivity index (χ1) is 12.1. The smallest absolute Gasteiger partial charge is 0.274 e. The van der Waals surface area contributed by atoms with Crippen molar-refractivity contribution < 1.29 is 14.3 Å². The first kappa shape index (κ1) is 16.9. The fourth-order valence-corrected chi connectivity index (χ4v) is 3.03. The number of carbonyl (C=O) groups excluding carboxylic acids is 2. The standard InChI is InChI=1S/C18H20N4O3/c1-13(23)22-10-9-21(18(24)16-11-19-7-8-20-16)12-17(22)14-3-5-15(25-2)6-4-14/h3-8,11,17H,9-10,12H2,1-2H3/t17-/m1/s1. The molecule has 130 valence electrons. The minimum absolute atomic E-state index is 0.00702. The van der Waals surface area contributed by atoms with Gasteiger partial charge in [-0.2, -0.15) is 0 Å². The molecule has 0 bridgehead atoms. The Bertz CT molecular complexity index is 749. The van der Waals surface area contributed by atoms with Gasteiger partial charge < -0.3 is 14.5 Å². The number of methoxy groups -OCH3 is 1. The van der Waals surface area contributed by atoms with Crippen LogP contribution in [0, 0.1) is 0 Å². The summed E-state index contributed by atoms with van der Waals surface area (Å²) in [5.74, 6) is 0.573. The van der Waals surface area contributed by atoms with E-state index in [0.29, 0.717) is 25.3 Å². The van der Waals surface area contributed by atoms with Crippen molar-refractivity contribution in [2.45, 2.75) is 13.0 Å². The van der Waals surface area contributed by atoms with Gasteiger partial charge in [-0.05, 0) is 17.7 Å². The van der Waals surface area contributed by atoms with Gasteiger partial charge in [-0.25, -0.2) is 4.98 Å². The Labute approximate surface area is 146 Å². The lowest BCUT2D eigenvalue weighted by Crippen LogP contribution is -2.52. The molecule has 1 saturated heterocycles. The highest BCUT2D eigenvalue weighted by molar-refractivity contribution is 5.92. The lowest BCUT2D eigenvalue weighted by atomic mass is 10.0. The minimum Gasteiger partial charge on any atom is -0.497 e. The zero-order valence-electron chi connectivity index (χ0n) is 14.3. The number of ether oxygens (including phenoxy) is 1. The number of piperazine rings is 1. The molecule has 2 amide bonds. The molecule has 0 saturated carbocycles. The maximum atomic E-state index is 12.7. The van der Waals surface area contributed by atoms with Gasteiger partial charge >= 0.3 is 0 Å². The van der Waals surface area contributed by atoms with Crippen molar-refractivity contribution in [1.82, 2.24) is 19.8 Å². The molecular formula is C18H20N4O3. The average molecular weight is 340 g/mol. The van der Waals surface area contributed by atoms with E-state index in [1.54, 1.807) is 23.8 Å². The van der Waals surface area contributed by atoms with Gasteiger partial charge in [-0.15, -0.1) is 0 Å². The molecule has 0 aliphatic carbocycles. The summed E-state index contributed by atoms with van der Waals surface area (Å²) in [5, 5.41) is 0. The van der Waals surface area contributed by atoms with Crippen LogP contribution in [-0.2, 0) is 4.79 Å². The van der Waals surface area contributed by atoms with E-state index >= 15 is 0 Å². The van der Waals surface area contributed by atoms with Crippen LogP contribution in [0.3, 0.4) is 0 Å². The molecular weight excluding hydrogens is 320 g/mol. The predicted octanol–water partition coefficient (Wildman–Crippen LogP) is 1.53. The van der Waals surface area contributed by atoms with E-state index < -0.39 is 0 Å². The monoisotopic (exact) mass is 340 g/mol. The summed E-state index contributed by atoms with van der Waals surface area (Å²) >= 11 is 0. The van der Waals surface area contributed by atoms with Crippen LogP contribution in [0.2, 0.25) is 0 Å². The fourth-order valence-electron chi connectivity index (χ4n) is 3.03. The molecule has 1 aliphatic heterocycles. The van der Waals surface area contributed by atoms with Gasteiger partial charge in [-0.3, -0.25) is 14.6 Å². The van der Waals surface area contributed by atoms with Crippen LogP contribution in [0.4, 0.5) is 0 Å². The molecule has 0 radical (unpaired) electrons. The topological polar surface area (TPSA) is 75.6 Å². The number of carbonyl (C=O) groups is 2. The number of nitrogens with zero attached hydrogens (tertiary/aromatic N) is 4. The lowest BCUT2D eigenvalue weighted by Gasteiger charge is -2.41. The van der Waals surface area contributed by atoms with Crippen LogP contribution in [0.25, 0.3) is 0 Å². The highest BCUT2D eigenvalue weighted by Crippen LogP contribution is 2.27. The zero-order valence-corrected chi connectivity index (χ0v) is 14.3. The number of hydrogen-bond donors (Lipinski definition) is 0. The quantitative estimate of drug-likeness (QED) is 0.847. The van der Waals surface area contributed by atoms with E-state index in [1.165, 1.54) is 18.6 Å². The summed E-state index contributed by atoms with van der Waals surface area (Å²) in [7, 11) is 1.61. The fraction of sp³-hybridized carbons (Fsp3) is 0.333. The van der Waals surface area contributed by atoms with Gasteiger partial charge in [0, 0.05) is 39.0 Å². The van der Waals surface area contributed by atoms with Crippen LogP contribution < -0.4 is 4.74 Å². The molecule has 7 heteroatoms. The van der Waals surface area contributed by atoms with Gasteiger partial charge in [0.05, 0.1) is 19.3 Å². The molecule has 0 N–H and O–H groups in total. The molecule has 1 aliphatic rings. The van der Waals surface area contributed by atoms with Crippen molar-refractivity contribution in [1.29, 1.82) is 0 Å². The van der Waals surface area contributed by atoms with E-state index in [1.807, 2.05) is 24.3 Å². The highest BCUT2D eigenvalue weighted by atomic mass is 16.5. The maximum Gasteiger partial charge on any atom is 0.274 e. The Hall–Kier alpha value is -2.96. The van der Waals surface area contributed by atoms with E-state index in [2.05, 4.69) is 9.97 Å². The van der Waals surface area contributed by atoms with E-state index in [-0.39, 0.29) is 17.9 Å². The third-order valence-corrected chi connectivity index (χ3v) is 4.35. The van der Waals surface area contributed by atoms with Gasteiger partial charge in [0.1, 0.15) is 11.4 Å². The number of rotatable bonds is 3. The second-order valence-corrected chi connectivity index (χ2v) is 5.84. The normalized spacial score (nSPS) is 17.3. The molecule has 0 spiro atoms. The molecule has 2 heterocycles. The third kappa shape index (κ3) is 3.60. The summed E-state index contributed by atoms with van der Waals surface area (Å²) in [6.45, 7) is 2.93. The maximum absolute atomic E-state index is 12.7. The van der Waals surface area contributed by atoms with Crippen molar-refractivity contribution in [3.63, 3.8) is 0 Å². The number of amides is 2. The Morgan fingerprint density at radius 1 is 1.16 bits per heavy atom. The number of benzene rings is 1. The lowest BCUT2D eigenvalue weighted by molar-refractivity contribution is -0.133. The number of hydrogen-bond acceptors (Lipinski definition) is 5. The first-order valence-electron chi connectivity index (χ1n) is 8.06. The van der Waals surface area contributed by atoms with Crippen molar-refractivity contribution in [3.05, 3.63) is 54.1 Å². The van der Waals surface area contributed by atoms with Crippen LogP contribution in [0.5, 0.6) is 5.75 Å². The Morgan fingerprint density at radius 3 is 2.52 bits per heavy atom. The third-order valence-electron chi connectivity index (χ3n) is 4.35. The van der Waals surface area contributed by atoms with Crippen molar-refractivity contribution in [2.24, 2.45) is 0 Å². The van der Waals surface area contributed by atoms with Crippen LogP contribution >= 0.6 is 0 Å². The summed E-state index contributed by atoms with van der Waals surface area (Å²) < 4.78 is 5.19.